The summed E-state index contributed by atoms with van der Waals surface area (Å²) in [5, 5.41) is 6.50. The Morgan fingerprint density at radius 1 is 1.15 bits per heavy atom. The third-order valence-corrected chi connectivity index (χ3v) is 4.27. The molecule has 0 aromatic heterocycles. The second kappa shape index (κ2) is 8.05. The molecule has 0 spiro atoms. The minimum atomic E-state index is 0.0118. The van der Waals surface area contributed by atoms with Crippen LogP contribution in [0.4, 0.5) is 0 Å². The summed E-state index contributed by atoms with van der Waals surface area (Å²) in [6, 6.07) is 9.94. The molecule has 0 aliphatic heterocycles. The van der Waals surface area contributed by atoms with E-state index in [2.05, 4.69) is 17.6 Å². The van der Waals surface area contributed by atoms with Crippen molar-refractivity contribution in [1.29, 1.82) is 0 Å². The number of rotatable bonds is 6. The second-order valence-corrected chi connectivity index (χ2v) is 5.76. The second-order valence-electron chi connectivity index (χ2n) is 5.76. The highest BCUT2D eigenvalue weighted by molar-refractivity contribution is 5.94. The summed E-state index contributed by atoms with van der Waals surface area (Å²) >= 11 is 0. The zero-order valence-electron chi connectivity index (χ0n) is 12.4. The quantitative estimate of drug-likeness (QED) is 0.783. The molecule has 0 saturated heterocycles. The number of amides is 1. The zero-order valence-corrected chi connectivity index (χ0v) is 12.4. The maximum Gasteiger partial charge on any atom is 0.251 e. The smallest absolute Gasteiger partial charge is 0.251 e. The predicted octanol–water partition coefficient (Wildman–Crippen LogP) is 2.97. The molecule has 0 unspecified atom stereocenters. The molecule has 3 nitrogen and oxygen atoms in total. The van der Waals surface area contributed by atoms with E-state index in [0.717, 1.165) is 18.0 Å². The van der Waals surface area contributed by atoms with Gasteiger partial charge in [0.15, 0.2) is 0 Å². The Morgan fingerprint density at radius 3 is 2.55 bits per heavy atom. The van der Waals surface area contributed by atoms with Gasteiger partial charge in [0.1, 0.15) is 0 Å². The maximum atomic E-state index is 11.9. The fourth-order valence-electron chi connectivity index (χ4n) is 2.97. The van der Waals surface area contributed by atoms with E-state index >= 15 is 0 Å². The van der Waals surface area contributed by atoms with E-state index < -0.39 is 0 Å². The molecule has 2 N–H and O–H groups in total. The lowest BCUT2D eigenvalue weighted by molar-refractivity contribution is 0.0953. The minimum Gasteiger partial charge on any atom is -0.351 e. The first kappa shape index (κ1) is 15.0. The fraction of sp³-hybridized carbons (Fsp3) is 0.588. The summed E-state index contributed by atoms with van der Waals surface area (Å²) in [6.07, 6.45) is 6.86. The fourth-order valence-corrected chi connectivity index (χ4v) is 2.97. The van der Waals surface area contributed by atoms with Crippen molar-refractivity contribution in [2.75, 3.05) is 13.1 Å². The molecule has 0 bridgehead atoms. The Labute approximate surface area is 122 Å². The molecule has 20 heavy (non-hydrogen) atoms. The van der Waals surface area contributed by atoms with Crippen LogP contribution in [0.3, 0.4) is 0 Å². The average Bonchev–Trinajstić information content (AvgIpc) is 2.53. The zero-order chi connectivity index (χ0) is 14.2. The highest BCUT2D eigenvalue weighted by atomic mass is 16.1. The molecule has 1 aliphatic carbocycles. The normalized spacial score (nSPS) is 17.6. The lowest BCUT2D eigenvalue weighted by Gasteiger charge is -2.28. The molecule has 1 saturated carbocycles. The molecule has 1 amide bonds. The summed E-state index contributed by atoms with van der Waals surface area (Å²) < 4.78 is 0. The molecule has 3 heteroatoms. The summed E-state index contributed by atoms with van der Waals surface area (Å²) in [7, 11) is 0. The molecule has 1 aromatic carbocycles. The van der Waals surface area contributed by atoms with Crippen LogP contribution in [0.1, 0.15) is 49.4 Å². The van der Waals surface area contributed by atoms with Crippen LogP contribution in [0.5, 0.6) is 0 Å². The van der Waals surface area contributed by atoms with Gasteiger partial charge in [0, 0.05) is 24.7 Å². The Hall–Kier alpha value is -1.35. The van der Waals surface area contributed by atoms with Gasteiger partial charge in [-0.3, -0.25) is 4.79 Å². The molecule has 1 fully saturated rings. The number of carbonyl (C=O) groups is 1. The average molecular weight is 274 g/mol. The standard InChI is InChI=1S/C17H26N2O/c1-14(15-8-4-2-5-9-15)18-12-13-19-17(20)16-10-6-3-7-11-16/h3,6-7,10-11,14-15,18H,2,4-5,8-9,12-13H2,1H3,(H,19,20)/t14-/m0/s1. The molecular formula is C17H26N2O. The molecular weight excluding hydrogens is 248 g/mol. The number of benzene rings is 1. The molecule has 1 aromatic rings. The molecule has 2 rings (SSSR count). The molecule has 0 radical (unpaired) electrons. The van der Waals surface area contributed by atoms with Crippen LogP contribution in [0, 0.1) is 5.92 Å². The van der Waals surface area contributed by atoms with Crippen molar-refractivity contribution in [3.63, 3.8) is 0 Å². The van der Waals surface area contributed by atoms with E-state index in [9.17, 15) is 4.79 Å². The third kappa shape index (κ3) is 4.64. The van der Waals surface area contributed by atoms with E-state index in [4.69, 9.17) is 0 Å². The molecule has 110 valence electrons. The lowest BCUT2D eigenvalue weighted by Crippen LogP contribution is -2.39. The van der Waals surface area contributed by atoms with Crippen molar-refractivity contribution in [3.8, 4) is 0 Å². The van der Waals surface area contributed by atoms with Crippen LogP contribution < -0.4 is 10.6 Å². The van der Waals surface area contributed by atoms with Crippen molar-refractivity contribution in [3.05, 3.63) is 35.9 Å². The summed E-state index contributed by atoms with van der Waals surface area (Å²) in [5.74, 6) is 0.825. The number of hydrogen-bond acceptors (Lipinski definition) is 2. The monoisotopic (exact) mass is 274 g/mol. The maximum absolute atomic E-state index is 11.9. The van der Waals surface area contributed by atoms with E-state index in [1.807, 2.05) is 30.3 Å². The van der Waals surface area contributed by atoms with Crippen molar-refractivity contribution in [1.82, 2.24) is 10.6 Å². The van der Waals surface area contributed by atoms with Crippen molar-refractivity contribution in [2.45, 2.75) is 45.1 Å². The van der Waals surface area contributed by atoms with Gasteiger partial charge in [0.2, 0.25) is 0 Å². The van der Waals surface area contributed by atoms with Gasteiger partial charge >= 0.3 is 0 Å². The van der Waals surface area contributed by atoms with Gasteiger partial charge in [-0.05, 0) is 37.8 Å². The van der Waals surface area contributed by atoms with E-state index in [1.165, 1.54) is 32.1 Å². The van der Waals surface area contributed by atoms with Crippen LogP contribution in [0.25, 0.3) is 0 Å². The SMILES string of the molecule is C[C@H](NCCNC(=O)c1ccccc1)C1CCCCC1. The summed E-state index contributed by atoms with van der Waals surface area (Å²) in [5.41, 5.74) is 0.729. The minimum absolute atomic E-state index is 0.0118. The van der Waals surface area contributed by atoms with Gasteiger partial charge in [-0.2, -0.15) is 0 Å². The van der Waals surface area contributed by atoms with Crippen LogP contribution in [-0.4, -0.2) is 25.0 Å². The van der Waals surface area contributed by atoms with Gasteiger partial charge in [-0.1, -0.05) is 37.5 Å². The number of hydrogen-bond donors (Lipinski definition) is 2. The molecule has 0 heterocycles. The van der Waals surface area contributed by atoms with Crippen LogP contribution in [0.2, 0.25) is 0 Å². The predicted molar refractivity (Wildman–Crippen MR) is 82.8 cm³/mol. The largest absolute Gasteiger partial charge is 0.351 e. The Bertz CT molecular complexity index is 399. The van der Waals surface area contributed by atoms with Gasteiger partial charge in [-0.15, -0.1) is 0 Å². The van der Waals surface area contributed by atoms with E-state index in [0.29, 0.717) is 12.6 Å². The first-order valence-electron chi connectivity index (χ1n) is 7.84. The summed E-state index contributed by atoms with van der Waals surface area (Å²) in [6.45, 7) is 3.80. The Kier molecular flexibility index (Phi) is 6.06. The van der Waals surface area contributed by atoms with Crippen LogP contribution in [0.15, 0.2) is 30.3 Å². The van der Waals surface area contributed by atoms with Crippen molar-refractivity contribution < 1.29 is 4.79 Å². The van der Waals surface area contributed by atoms with Gasteiger partial charge in [-0.25, -0.2) is 0 Å². The first-order valence-corrected chi connectivity index (χ1v) is 7.84. The number of carbonyl (C=O) groups excluding carboxylic acids is 1. The topological polar surface area (TPSA) is 41.1 Å². The molecule has 1 aliphatic rings. The summed E-state index contributed by atoms with van der Waals surface area (Å²) in [4.78, 5) is 11.9. The lowest BCUT2D eigenvalue weighted by atomic mass is 9.84. The van der Waals surface area contributed by atoms with Crippen LogP contribution in [-0.2, 0) is 0 Å². The number of nitrogens with one attached hydrogen (secondary N) is 2. The highest BCUT2D eigenvalue weighted by Gasteiger charge is 2.19. The Balaban J connectivity index is 1.62. The van der Waals surface area contributed by atoms with Gasteiger partial charge in [0.25, 0.3) is 5.91 Å². The molecule has 1 atom stereocenters. The first-order chi connectivity index (χ1) is 9.77. The highest BCUT2D eigenvalue weighted by Crippen LogP contribution is 2.26. The van der Waals surface area contributed by atoms with E-state index in [-0.39, 0.29) is 5.91 Å². The van der Waals surface area contributed by atoms with Gasteiger partial charge < -0.3 is 10.6 Å². The van der Waals surface area contributed by atoms with Crippen LogP contribution >= 0.6 is 0 Å². The van der Waals surface area contributed by atoms with Gasteiger partial charge in [0.05, 0.1) is 0 Å². The van der Waals surface area contributed by atoms with E-state index in [1.54, 1.807) is 0 Å². The Morgan fingerprint density at radius 2 is 1.85 bits per heavy atom. The van der Waals surface area contributed by atoms with Crippen molar-refractivity contribution in [2.24, 2.45) is 5.92 Å². The van der Waals surface area contributed by atoms with Crippen molar-refractivity contribution >= 4 is 5.91 Å². The third-order valence-electron chi connectivity index (χ3n) is 4.27.